The predicted octanol–water partition coefficient (Wildman–Crippen LogP) is 2.61. The van der Waals surface area contributed by atoms with E-state index in [4.69, 9.17) is 4.74 Å². The maximum Gasteiger partial charge on any atom is 0.343 e. The van der Waals surface area contributed by atoms with Gasteiger partial charge in [0, 0.05) is 0 Å². The van der Waals surface area contributed by atoms with E-state index < -0.39 is 11.6 Å². The molecule has 0 aliphatic heterocycles. The SMILES string of the molecule is CCOC(=O)C1(F)CCC2(CC2)CC1. The zero-order valence-corrected chi connectivity index (χ0v) is 8.64. The van der Waals surface area contributed by atoms with E-state index >= 15 is 0 Å². The van der Waals surface area contributed by atoms with Crippen LogP contribution in [0.15, 0.2) is 0 Å². The molecule has 2 nitrogen and oxygen atoms in total. The van der Waals surface area contributed by atoms with E-state index in [1.807, 2.05) is 0 Å². The standard InChI is InChI=1S/C11H17FO2/c1-2-14-9(13)11(12)7-5-10(3-4-10)6-8-11/h2-8H2,1H3. The van der Waals surface area contributed by atoms with Crippen LogP contribution in [0.1, 0.15) is 45.4 Å². The van der Waals surface area contributed by atoms with Crippen molar-refractivity contribution in [1.29, 1.82) is 0 Å². The molecular weight excluding hydrogens is 183 g/mol. The van der Waals surface area contributed by atoms with E-state index in [2.05, 4.69) is 0 Å². The molecule has 0 amide bonds. The van der Waals surface area contributed by atoms with Crippen molar-refractivity contribution >= 4 is 5.97 Å². The minimum absolute atomic E-state index is 0.273. The third-order valence-electron chi connectivity index (χ3n) is 3.70. The Hall–Kier alpha value is -0.600. The minimum atomic E-state index is -1.68. The van der Waals surface area contributed by atoms with Crippen molar-refractivity contribution in [3.8, 4) is 0 Å². The van der Waals surface area contributed by atoms with Gasteiger partial charge in [0.05, 0.1) is 6.61 Å². The fourth-order valence-corrected chi connectivity index (χ4v) is 2.32. The van der Waals surface area contributed by atoms with Gasteiger partial charge in [-0.2, -0.15) is 0 Å². The van der Waals surface area contributed by atoms with Crippen molar-refractivity contribution in [3.63, 3.8) is 0 Å². The van der Waals surface area contributed by atoms with E-state index in [1.54, 1.807) is 6.92 Å². The van der Waals surface area contributed by atoms with Gasteiger partial charge in [0.2, 0.25) is 5.67 Å². The average Bonchev–Trinajstić information content (AvgIpc) is 2.92. The van der Waals surface area contributed by atoms with Crippen LogP contribution in [0.4, 0.5) is 4.39 Å². The van der Waals surface area contributed by atoms with Crippen LogP contribution >= 0.6 is 0 Å². The molecule has 0 aromatic rings. The summed E-state index contributed by atoms with van der Waals surface area (Å²) in [5.74, 6) is -0.643. The number of alkyl halides is 1. The zero-order valence-electron chi connectivity index (χ0n) is 8.64. The molecule has 14 heavy (non-hydrogen) atoms. The molecule has 2 aliphatic carbocycles. The first kappa shape index (κ1) is 9.94. The highest BCUT2D eigenvalue weighted by Gasteiger charge is 2.53. The molecule has 80 valence electrons. The third kappa shape index (κ3) is 1.64. The molecule has 0 atom stereocenters. The number of halogens is 1. The van der Waals surface area contributed by atoms with Crippen LogP contribution < -0.4 is 0 Å². The fourth-order valence-electron chi connectivity index (χ4n) is 2.32. The van der Waals surface area contributed by atoms with Crippen molar-refractivity contribution in [1.82, 2.24) is 0 Å². The van der Waals surface area contributed by atoms with Gasteiger partial charge in [-0.15, -0.1) is 0 Å². The second-order valence-electron chi connectivity index (χ2n) is 4.69. The van der Waals surface area contributed by atoms with E-state index in [1.165, 1.54) is 12.8 Å². The Kier molecular flexibility index (Phi) is 2.28. The van der Waals surface area contributed by atoms with Crippen LogP contribution in [-0.2, 0) is 9.53 Å². The van der Waals surface area contributed by atoms with Gasteiger partial charge < -0.3 is 4.74 Å². The van der Waals surface area contributed by atoms with Gasteiger partial charge in [0.1, 0.15) is 0 Å². The first-order valence-electron chi connectivity index (χ1n) is 5.46. The van der Waals surface area contributed by atoms with Crippen molar-refractivity contribution in [2.45, 2.75) is 51.1 Å². The first-order valence-corrected chi connectivity index (χ1v) is 5.46. The lowest BCUT2D eigenvalue weighted by Gasteiger charge is -2.32. The van der Waals surface area contributed by atoms with Crippen molar-refractivity contribution in [2.75, 3.05) is 6.61 Å². The summed E-state index contributed by atoms with van der Waals surface area (Å²) in [6, 6.07) is 0. The number of ether oxygens (including phenoxy) is 1. The van der Waals surface area contributed by atoms with Crippen LogP contribution in [0.5, 0.6) is 0 Å². The zero-order chi connectivity index (χ0) is 10.2. The maximum atomic E-state index is 14.0. The lowest BCUT2D eigenvalue weighted by molar-refractivity contribution is -0.160. The molecule has 0 bridgehead atoms. The van der Waals surface area contributed by atoms with Gasteiger partial charge in [-0.05, 0) is 50.9 Å². The highest BCUT2D eigenvalue weighted by atomic mass is 19.1. The Morgan fingerprint density at radius 1 is 1.21 bits per heavy atom. The molecule has 0 aromatic heterocycles. The summed E-state index contributed by atoms with van der Waals surface area (Å²) >= 11 is 0. The lowest BCUT2D eigenvalue weighted by Crippen LogP contribution is -2.39. The van der Waals surface area contributed by atoms with Gasteiger partial charge in [0.15, 0.2) is 0 Å². The largest absolute Gasteiger partial charge is 0.464 e. The summed E-state index contributed by atoms with van der Waals surface area (Å²) in [6.07, 6.45) is 4.92. The molecule has 0 saturated heterocycles. The average molecular weight is 200 g/mol. The summed E-state index contributed by atoms with van der Waals surface area (Å²) in [4.78, 5) is 11.4. The second-order valence-corrected chi connectivity index (χ2v) is 4.69. The minimum Gasteiger partial charge on any atom is -0.464 e. The normalized spacial score (nSPS) is 27.3. The number of carbonyl (C=O) groups excluding carboxylic acids is 1. The lowest BCUT2D eigenvalue weighted by atomic mass is 9.78. The maximum absolute atomic E-state index is 14.0. The number of hydrogen-bond donors (Lipinski definition) is 0. The van der Waals surface area contributed by atoms with Crippen LogP contribution in [0, 0.1) is 5.41 Å². The highest BCUT2D eigenvalue weighted by molar-refractivity contribution is 5.79. The Morgan fingerprint density at radius 2 is 1.71 bits per heavy atom. The molecule has 2 rings (SSSR count). The Balaban J connectivity index is 1.93. The second kappa shape index (κ2) is 3.21. The Labute approximate surface area is 83.8 Å². The molecule has 0 aromatic carbocycles. The van der Waals surface area contributed by atoms with Crippen LogP contribution in [0.25, 0.3) is 0 Å². The summed E-state index contributed by atoms with van der Waals surface area (Å²) in [7, 11) is 0. The predicted molar refractivity (Wildman–Crippen MR) is 50.6 cm³/mol. The monoisotopic (exact) mass is 200 g/mol. The Morgan fingerprint density at radius 3 is 2.14 bits per heavy atom. The van der Waals surface area contributed by atoms with Gasteiger partial charge in [-0.25, -0.2) is 9.18 Å². The third-order valence-corrected chi connectivity index (χ3v) is 3.70. The van der Waals surface area contributed by atoms with Gasteiger partial charge in [-0.1, -0.05) is 0 Å². The summed E-state index contributed by atoms with van der Waals surface area (Å²) < 4.78 is 18.8. The van der Waals surface area contributed by atoms with Crippen molar-refractivity contribution in [2.24, 2.45) is 5.41 Å². The summed E-state index contributed by atoms with van der Waals surface area (Å²) in [5, 5.41) is 0. The summed E-state index contributed by atoms with van der Waals surface area (Å²) in [5.41, 5.74) is -1.26. The smallest absolute Gasteiger partial charge is 0.343 e. The van der Waals surface area contributed by atoms with E-state index in [-0.39, 0.29) is 6.61 Å². The molecule has 2 saturated carbocycles. The first-order chi connectivity index (χ1) is 6.60. The number of rotatable bonds is 2. The molecule has 2 fully saturated rings. The van der Waals surface area contributed by atoms with E-state index in [0.29, 0.717) is 18.3 Å². The van der Waals surface area contributed by atoms with Crippen LogP contribution in [0.2, 0.25) is 0 Å². The topological polar surface area (TPSA) is 26.3 Å². The summed E-state index contributed by atoms with van der Waals surface area (Å²) in [6.45, 7) is 1.99. The number of carbonyl (C=O) groups is 1. The molecule has 2 aliphatic rings. The molecule has 0 unspecified atom stereocenters. The van der Waals surface area contributed by atoms with Gasteiger partial charge in [0.25, 0.3) is 0 Å². The van der Waals surface area contributed by atoms with Gasteiger partial charge >= 0.3 is 5.97 Å². The molecule has 1 spiro atoms. The fraction of sp³-hybridized carbons (Fsp3) is 0.909. The van der Waals surface area contributed by atoms with Crippen molar-refractivity contribution in [3.05, 3.63) is 0 Å². The molecule has 3 heteroatoms. The van der Waals surface area contributed by atoms with Crippen molar-refractivity contribution < 1.29 is 13.9 Å². The Bertz CT molecular complexity index is 236. The van der Waals surface area contributed by atoms with Crippen LogP contribution in [0.3, 0.4) is 0 Å². The number of esters is 1. The van der Waals surface area contributed by atoms with Gasteiger partial charge in [-0.3, -0.25) is 0 Å². The molecule has 0 heterocycles. The van der Waals surface area contributed by atoms with E-state index in [0.717, 1.165) is 12.8 Å². The number of hydrogen-bond acceptors (Lipinski definition) is 2. The molecule has 0 N–H and O–H groups in total. The van der Waals surface area contributed by atoms with E-state index in [9.17, 15) is 9.18 Å². The molecule has 0 radical (unpaired) electrons. The highest BCUT2D eigenvalue weighted by Crippen LogP contribution is 2.58. The molecular formula is C11H17FO2. The van der Waals surface area contributed by atoms with Crippen LogP contribution in [-0.4, -0.2) is 18.2 Å². The quantitative estimate of drug-likeness (QED) is 0.640.